The topological polar surface area (TPSA) is 130 Å². The molecule has 0 aliphatic carbocycles. The van der Waals surface area contributed by atoms with Crippen LogP contribution in [-0.2, 0) is 20.8 Å². The second-order valence-electron chi connectivity index (χ2n) is 4.24. The smallest absolute Gasteiger partial charge is 0.305 e. The molecule has 5 N–H and O–H groups in total. The number of carbonyl (C=O) groups excluding carboxylic acids is 1. The number of amides is 1. The predicted molar refractivity (Wildman–Crippen MR) is 71.3 cm³/mol. The van der Waals surface area contributed by atoms with Crippen LogP contribution in [0.2, 0.25) is 0 Å². The van der Waals surface area contributed by atoms with Crippen molar-refractivity contribution in [1.29, 1.82) is 0 Å². The molecular weight excluding hydrogens is 264 g/mol. The lowest BCUT2D eigenvalue weighted by Crippen LogP contribution is -2.37. The summed E-state index contributed by atoms with van der Waals surface area (Å²) in [5.41, 5.74) is 6.55. The number of benzene rings is 1. The van der Waals surface area contributed by atoms with Gasteiger partial charge in [0, 0.05) is 12.1 Å². The van der Waals surface area contributed by atoms with Gasteiger partial charge in [0.05, 0.1) is 12.5 Å². The minimum absolute atomic E-state index is 0.0614. The van der Waals surface area contributed by atoms with Crippen molar-refractivity contribution < 1.29 is 24.6 Å². The Balaban J connectivity index is 2.73. The van der Waals surface area contributed by atoms with Crippen LogP contribution in [0.1, 0.15) is 18.4 Å². The molecular formula is C13H16N2O5. The van der Waals surface area contributed by atoms with Gasteiger partial charge in [0.1, 0.15) is 0 Å². The Hall–Kier alpha value is -2.41. The number of anilines is 1. The Morgan fingerprint density at radius 3 is 2.40 bits per heavy atom. The summed E-state index contributed by atoms with van der Waals surface area (Å²) in [6.45, 7) is 0. The molecule has 0 fully saturated rings. The molecule has 0 aromatic heterocycles. The van der Waals surface area contributed by atoms with Crippen molar-refractivity contribution in [2.24, 2.45) is 5.73 Å². The van der Waals surface area contributed by atoms with Gasteiger partial charge < -0.3 is 21.3 Å². The summed E-state index contributed by atoms with van der Waals surface area (Å²) in [5, 5.41) is 19.8. The van der Waals surface area contributed by atoms with Crippen LogP contribution in [0.3, 0.4) is 0 Å². The number of aliphatic carboxylic acids is 2. The van der Waals surface area contributed by atoms with Crippen molar-refractivity contribution >= 4 is 23.5 Å². The van der Waals surface area contributed by atoms with Crippen molar-refractivity contribution in [3.05, 3.63) is 29.8 Å². The zero-order chi connectivity index (χ0) is 15.1. The standard InChI is InChI=1S/C13H16N2O5/c14-9(7-12(18)19)13(20)15-10-4-2-1-3-8(10)5-6-11(16)17/h1-4,9H,5-7,14H2,(H,15,20)(H,16,17)(H,18,19). The Bertz CT molecular complexity index is 515. The van der Waals surface area contributed by atoms with E-state index in [0.717, 1.165) is 0 Å². The average Bonchev–Trinajstić information content (AvgIpc) is 2.36. The van der Waals surface area contributed by atoms with Gasteiger partial charge >= 0.3 is 11.9 Å². The zero-order valence-electron chi connectivity index (χ0n) is 10.7. The second kappa shape index (κ2) is 7.25. The molecule has 1 aromatic rings. The first-order valence-corrected chi connectivity index (χ1v) is 5.98. The molecule has 1 aromatic carbocycles. The van der Waals surface area contributed by atoms with Gasteiger partial charge in [-0.15, -0.1) is 0 Å². The van der Waals surface area contributed by atoms with E-state index in [0.29, 0.717) is 11.3 Å². The van der Waals surface area contributed by atoms with E-state index in [1.54, 1.807) is 24.3 Å². The number of nitrogens with two attached hydrogens (primary N) is 1. The summed E-state index contributed by atoms with van der Waals surface area (Å²) < 4.78 is 0. The summed E-state index contributed by atoms with van der Waals surface area (Å²) in [7, 11) is 0. The first kappa shape index (κ1) is 15.6. The Kier molecular flexibility index (Phi) is 5.67. The van der Waals surface area contributed by atoms with Crippen LogP contribution in [0, 0.1) is 0 Å². The maximum atomic E-state index is 11.7. The monoisotopic (exact) mass is 280 g/mol. The molecule has 108 valence electrons. The largest absolute Gasteiger partial charge is 0.481 e. The number of aryl methyl sites for hydroxylation is 1. The van der Waals surface area contributed by atoms with Crippen LogP contribution < -0.4 is 11.1 Å². The van der Waals surface area contributed by atoms with Gasteiger partial charge in [0.25, 0.3) is 0 Å². The van der Waals surface area contributed by atoms with Gasteiger partial charge in [-0.3, -0.25) is 14.4 Å². The van der Waals surface area contributed by atoms with Crippen molar-refractivity contribution in [1.82, 2.24) is 0 Å². The van der Waals surface area contributed by atoms with E-state index in [4.69, 9.17) is 15.9 Å². The highest BCUT2D eigenvalue weighted by Crippen LogP contribution is 2.17. The first-order chi connectivity index (χ1) is 9.40. The van der Waals surface area contributed by atoms with Gasteiger partial charge in [-0.2, -0.15) is 0 Å². The number of carbonyl (C=O) groups is 3. The number of nitrogens with one attached hydrogen (secondary N) is 1. The third kappa shape index (κ3) is 5.07. The van der Waals surface area contributed by atoms with E-state index in [1.165, 1.54) is 0 Å². The summed E-state index contributed by atoms with van der Waals surface area (Å²) in [4.78, 5) is 32.8. The van der Waals surface area contributed by atoms with Crippen LogP contribution in [0.15, 0.2) is 24.3 Å². The van der Waals surface area contributed by atoms with E-state index in [-0.39, 0.29) is 12.8 Å². The number of para-hydroxylation sites is 1. The molecule has 0 heterocycles. The Labute approximate surface area is 115 Å². The van der Waals surface area contributed by atoms with Crippen LogP contribution in [0.25, 0.3) is 0 Å². The van der Waals surface area contributed by atoms with Gasteiger partial charge in [0.2, 0.25) is 5.91 Å². The molecule has 7 heteroatoms. The van der Waals surface area contributed by atoms with E-state index in [9.17, 15) is 14.4 Å². The van der Waals surface area contributed by atoms with E-state index < -0.39 is 30.3 Å². The number of carboxylic acid groups (broad SMARTS) is 2. The lowest BCUT2D eigenvalue weighted by molar-refractivity contribution is -0.139. The summed E-state index contributed by atoms with van der Waals surface area (Å²) >= 11 is 0. The first-order valence-electron chi connectivity index (χ1n) is 5.98. The molecule has 0 bridgehead atoms. The molecule has 1 amide bonds. The van der Waals surface area contributed by atoms with E-state index in [1.807, 2.05) is 0 Å². The van der Waals surface area contributed by atoms with E-state index in [2.05, 4.69) is 5.32 Å². The number of rotatable bonds is 7. The quantitative estimate of drug-likeness (QED) is 0.573. The molecule has 0 saturated carbocycles. The van der Waals surface area contributed by atoms with Crippen LogP contribution in [-0.4, -0.2) is 34.1 Å². The maximum absolute atomic E-state index is 11.7. The minimum Gasteiger partial charge on any atom is -0.481 e. The molecule has 0 saturated heterocycles. The van der Waals surface area contributed by atoms with Gasteiger partial charge in [-0.25, -0.2) is 0 Å². The lowest BCUT2D eigenvalue weighted by Gasteiger charge is -2.13. The molecule has 0 radical (unpaired) electrons. The zero-order valence-corrected chi connectivity index (χ0v) is 10.7. The van der Waals surface area contributed by atoms with Crippen LogP contribution >= 0.6 is 0 Å². The van der Waals surface area contributed by atoms with Crippen molar-refractivity contribution in [2.75, 3.05) is 5.32 Å². The fourth-order valence-electron chi connectivity index (χ4n) is 1.61. The molecule has 0 spiro atoms. The predicted octanol–water partition coefficient (Wildman–Crippen LogP) is 0.444. The fourth-order valence-corrected chi connectivity index (χ4v) is 1.61. The van der Waals surface area contributed by atoms with Crippen molar-refractivity contribution in [3.63, 3.8) is 0 Å². The number of hydrogen-bond donors (Lipinski definition) is 4. The second-order valence-corrected chi connectivity index (χ2v) is 4.24. The minimum atomic E-state index is -1.16. The van der Waals surface area contributed by atoms with Crippen molar-refractivity contribution in [3.8, 4) is 0 Å². The van der Waals surface area contributed by atoms with Crippen LogP contribution in [0.4, 0.5) is 5.69 Å². The lowest BCUT2D eigenvalue weighted by atomic mass is 10.1. The number of carboxylic acids is 2. The molecule has 1 atom stereocenters. The molecule has 0 aliphatic heterocycles. The molecule has 1 unspecified atom stereocenters. The maximum Gasteiger partial charge on any atom is 0.305 e. The SMILES string of the molecule is NC(CC(=O)O)C(=O)Nc1ccccc1CCC(=O)O. The molecule has 1 rings (SSSR count). The van der Waals surface area contributed by atoms with Crippen molar-refractivity contribution in [2.45, 2.75) is 25.3 Å². The van der Waals surface area contributed by atoms with Gasteiger partial charge in [-0.05, 0) is 18.1 Å². The normalized spacial score (nSPS) is 11.7. The van der Waals surface area contributed by atoms with Gasteiger partial charge in [-0.1, -0.05) is 18.2 Å². The summed E-state index contributed by atoms with van der Waals surface area (Å²) in [6.07, 6.45) is -0.267. The molecule has 0 aliphatic rings. The van der Waals surface area contributed by atoms with Gasteiger partial charge in [0.15, 0.2) is 0 Å². The fraction of sp³-hybridized carbons (Fsp3) is 0.308. The molecule has 20 heavy (non-hydrogen) atoms. The molecule has 7 nitrogen and oxygen atoms in total. The summed E-state index contributed by atoms with van der Waals surface area (Å²) in [6, 6.07) is 5.57. The highest BCUT2D eigenvalue weighted by Gasteiger charge is 2.18. The Morgan fingerprint density at radius 1 is 1.15 bits per heavy atom. The summed E-state index contributed by atoms with van der Waals surface area (Å²) in [5.74, 6) is -2.71. The highest BCUT2D eigenvalue weighted by atomic mass is 16.4. The van der Waals surface area contributed by atoms with E-state index >= 15 is 0 Å². The number of hydrogen-bond acceptors (Lipinski definition) is 4. The Morgan fingerprint density at radius 2 is 1.80 bits per heavy atom. The average molecular weight is 280 g/mol. The van der Waals surface area contributed by atoms with Crippen LogP contribution in [0.5, 0.6) is 0 Å². The highest BCUT2D eigenvalue weighted by molar-refractivity contribution is 5.97. The third-order valence-corrected chi connectivity index (χ3v) is 2.61. The third-order valence-electron chi connectivity index (χ3n) is 2.61.